The number of carbonyl (C=O) groups is 2. The number of esters is 1. The van der Waals surface area contributed by atoms with E-state index in [1.165, 1.54) is 6.92 Å². The Morgan fingerprint density at radius 2 is 2.15 bits per heavy atom. The molecule has 1 aliphatic heterocycles. The van der Waals surface area contributed by atoms with Gasteiger partial charge in [0.1, 0.15) is 0 Å². The lowest BCUT2D eigenvalue weighted by Crippen LogP contribution is -2.49. The summed E-state index contributed by atoms with van der Waals surface area (Å²) in [7, 11) is 1.11. The number of halogens is 1. The van der Waals surface area contributed by atoms with E-state index in [1.54, 1.807) is 0 Å². The van der Waals surface area contributed by atoms with Crippen LogP contribution in [0.15, 0.2) is 0 Å². The number of hydrogen-bond acceptors (Lipinski definition) is 3. The van der Waals surface area contributed by atoms with Crippen LogP contribution in [0.25, 0.3) is 0 Å². The van der Waals surface area contributed by atoms with Crippen LogP contribution in [0.1, 0.15) is 19.8 Å². The van der Waals surface area contributed by atoms with Gasteiger partial charge in [0, 0.05) is 19.9 Å². The first-order valence-electron chi connectivity index (χ1n) is 4.08. The summed E-state index contributed by atoms with van der Waals surface area (Å²) in [4.78, 5) is 22.9. The van der Waals surface area contributed by atoms with Gasteiger partial charge in [-0.05, 0) is 6.42 Å². The van der Waals surface area contributed by atoms with Gasteiger partial charge in [-0.15, -0.1) is 0 Å². The second-order valence-corrected chi connectivity index (χ2v) is 3.03. The van der Waals surface area contributed by atoms with E-state index in [0.717, 1.165) is 12.0 Å². The SMILES string of the molecule is COC(=O)[C@@]1(F)CCCN1C(C)=O. The van der Waals surface area contributed by atoms with Crippen molar-refractivity contribution >= 4 is 11.9 Å². The average Bonchev–Trinajstić information content (AvgIpc) is 2.47. The number of hydrogen-bond donors (Lipinski definition) is 0. The van der Waals surface area contributed by atoms with Crippen LogP contribution in [0, 0.1) is 0 Å². The molecule has 1 aliphatic rings. The smallest absolute Gasteiger partial charge is 0.365 e. The summed E-state index contributed by atoms with van der Waals surface area (Å²) < 4.78 is 18.2. The van der Waals surface area contributed by atoms with Crippen LogP contribution < -0.4 is 0 Å². The molecule has 1 saturated heterocycles. The van der Waals surface area contributed by atoms with Crippen LogP contribution in [0.5, 0.6) is 0 Å². The lowest BCUT2D eigenvalue weighted by Gasteiger charge is -2.27. The monoisotopic (exact) mass is 189 g/mol. The highest BCUT2D eigenvalue weighted by molar-refractivity contribution is 5.86. The molecule has 1 fully saturated rings. The van der Waals surface area contributed by atoms with Crippen molar-refractivity contribution in [3.05, 3.63) is 0 Å². The number of amides is 1. The number of methoxy groups -OCH3 is 1. The highest BCUT2D eigenvalue weighted by Crippen LogP contribution is 2.31. The molecular weight excluding hydrogens is 177 g/mol. The van der Waals surface area contributed by atoms with E-state index >= 15 is 0 Å². The summed E-state index contributed by atoms with van der Waals surface area (Å²) >= 11 is 0. The van der Waals surface area contributed by atoms with Crippen molar-refractivity contribution in [2.75, 3.05) is 13.7 Å². The van der Waals surface area contributed by atoms with Crippen molar-refractivity contribution in [1.29, 1.82) is 0 Å². The summed E-state index contributed by atoms with van der Waals surface area (Å²) in [6.07, 6.45) is 0.518. The Morgan fingerprint density at radius 1 is 1.54 bits per heavy atom. The van der Waals surface area contributed by atoms with Crippen molar-refractivity contribution in [1.82, 2.24) is 4.90 Å². The Labute approximate surface area is 75.6 Å². The van der Waals surface area contributed by atoms with Gasteiger partial charge in [0.15, 0.2) is 0 Å². The summed E-state index contributed by atoms with van der Waals surface area (Å²) in [6, 6.07) is 0. The van der Waals surface area contributed by atoms with Crippen LogP contribution in [-0.4, -0.2) is 36.2 Å². The normalized spacial score (nSPS) is 27.5. The molecule has 74 valence electrons. The maximum atomic E-state index is 13.9. The molecular formula is C8H12FNO3. The minimum Gasteiger partial charge on any atom is -0.465 e. The zero-order valence-electron chi connectivity index (χ0n) is 7.67. The fourth-order valence-corrected chi connectivity index (χ4v) is 1.56. The first-order chi connectivity index (χ1) is 6.02. The van der Waals surface area contributed by atoms with E-state index in [1.807, 2.05) is 0 Å². The number of carbonyl (C=O) groups excluding carboxylic acids is 2. The number of ether oxygens (including phenoxy) is 1. The molecule has 0 unspecified atom stereocenters. The molecule has 4 nitrogen and oxygen atoms in total. The first-order valence-corrected chi connectivity index (χ1v) is 4.08. The molecule has 0 aromatic heterocycles. The van der Waals surface area contributed by atoms with E-state index in [-0.39, 0.29) is 13.0 Å². The summed E-state index contributed by atoms with van der Waals surface area (Å²) in [5.74, 6) is -3.66. The van der Waals surface area contributed by atoms with Gasteiger partial charge in [0.25, 0.3) is 5.79 Å². The second-order valence-electron chi connectivity index (χ2n) is 3.03. The highest BCUT2D eigenvalue weighted by Gasteiger charge is 2.50. The van der Waals surface area contributed by atoms with E-state index in [4.69, 9.17) is 0 Å². The predicted molar refractivity (Wildman–Crippen MR) is 42.5 cm³/mol. The van der Waals surface area contributed by atoms with Gasteiger partial charge >= 0.3 is 5.97 Å². The number of alkyl halides is 1. The summed E-state index contributed by atoms with van der Waals surface area (Å²) in [5, 5.41) is 0. The Kier molecular flexibility index (Phi) is 2.54. The zero-order chi connectivity index (χ0) is 10.1. The third-order valence-electron chi connectivity index (χ3n) is 2.20. The van der Waals surface area contributed by atoms with Crippen molar-refractivity contribution in [3.8, 4) is 0 Å². The third kappa shape index (κ3) is 1.50. The molecule has 5 heteroatoms. The number of likely N-dealkylation sites (tertiary alicyclic amines) is 1. The van der Waals surface area contributed by atoms with Gasteiger partial charge < -0.3 is 9.64 Å². The first kappa shape index (κ1) is 9.95. The molecule has 0 bridgehead atoms. The minimum atomic E-state index is -2.24. The van der Waals surface area contributed by atoms with E-state index in [0.29, 0.717) is 6.42 Å². The van der Waals surface area contributed by atoms with Gasteiger partial charge in [0.05, 0.1) is 7.11 Å². The van der Waals surface area contributed by atoms with Crippen LogP contribution in [0.4, 0.5) is 4.39 Å². The Morgan fingerprint density at radius 3 is 2.62 bits per heavy atom. The predicted octanol–water partition coefficient (Wildman–Crippen LogP) is 0.468. The van der Waals surface area contributed by atoms with Gasteiger partial charge in [0.2, 0.25) is 5.91 Å². The molecule has 0 spiro atoms. The average molecular weight is 189 g/mol. The summed E-state index contributed by atoms with van der Waals surface area (Å²) in [5.41, 5.74) is 0. The van der Waals surface area contributed by atoms with Crippen LogP contribution in [0.3, 0.4) is 0 Å². The topological polar surface area (TPSA) is 46.6 Å². The standard InChI is InChI=1S/C8H12FNO3/c1-6(11)10-5-3-4-8(10,9)7(12)13-2/h3-5H2,1-2H3/t8-/m1/s1. The molecule has 0 aromatic carbocycles. The highest BCUT2D eigenvalue weighted by atomic mass is 19.1. The fourth-order valence-electron chi connectivity index (χ4n) is 1.56. The van der Waals surface area contributed by atoms with Crippen molar-refractivity contribution < 1.29 is 18.7 Å². The van der Waals surface area contributed by atoms with Crippen molar-refractivity contribution in [2.24, 2.45) is 0 Å². The summed E-state index contributed by atoms with van der Waals surface area (Å²) in [6.45, 7) is 1.52. The number of nitrogens with zero attached hydrogens (tertiary/aromatic N) is 1. The van der Waals surface area contributed by atoms with E-state index in [2.05, 4.69) is 4.74 Å². The van der Waals surface area contributed by atoms with E-state index < -0.39 is 17.7 Å². The van der Waals surface area contributed by atoms with Gasteiger partial charge in [-0.1, -0.05) is 0 Å². The van der Waals surface area contributed by atoms with Crippen LogP contribution >= 0.6 is 0 Å². The molecule has 0 N–H and O–H groups in total. The second kappa shape index (κ2) is 3.32. The molecule has 1 heterocycles. The molecule has 1 rings (SSSR count). The molecule has 1 atom stereocenters. The Bertz CT molecular complexity index is 244. The van der Waals surface area contributed by atoms with Crippen molar-refractivity contribution in [3.63, 3.8) is 0 Å². The van der Waals surface area contributed by atoms with Gasteiger partial charge in [-0.3, -0.25) is 4.79 Å². The lowest BCUT2D eigenvalue weighted by atomic mass is 10.2. The third-order valence-corrected chi connectivity index (χ3v) is 2.20. The van der Waals surface area contributed by atoms with Gasteiger partial charge in [-0.2, -0.15) is 0 Å². The maximum absolute atomic E-state index is 13.9. The zero-order valence-corrected chi connectivity index (χ0v) is 7.67. The fraction of sp³-hybridized carbons (Fsp3) is 0.750. The molecule has 0 aromatic rings. The molecule has 0 aliphatic carbocycles. The minimum absolute atomic E-state index is 0.0270. The van der Waals surface area contributed by atoms with Crippen LogP contribution in [0.2, 0.25) is 0 Å². The Balaban J connectivity index is 2.87. The van der Waals surface area contributed by atoms with Crippen molar-refractivity contribution in [2.45, 2.75) is 25.6 Å². The molecule has 0 saturated carbocycles. The lowest BCUT2D eigenvalue weighted by molar-refractivity contribution is -0.171. The maximum Gasteiger partial charge on any atom is 0.365 e. The number of rotatable bonds is 1. The van der Waals surface area contributed by atoms with Gasteiger partial charge in [-0.25, -0.2) is 9.18 Å². The van der Waals surface area contributed by atoms with E-state index in [9.17, 15) is 14.0 Å². The van der Waals surface area contributed by atoms with Crippen LogP contribution in [-0.2, 0) is 14.3 Å². The largest absolute Gasteiger partial charge is 0.465 e. The molecule has 13 heavy (non-hydrogen) atoms. The quantitative estimate of drug-likeness (QED) is 0.445. The molecule has 0 radical (unpaired) electrons. The molecule has 1 amide bonds. The Hall–Kier alpha value is -1.13.